The molecule has 330 valence electrons. The van der Waals surface area contributed by atoms with Gasteiger partial charge in [0, 0.05) is 62.4 Å². The summed E-state index contributed by atoms with van der Waals surface area (Å²) in [5.74, 6) is 0. The number of fused-ring (bicyclic) bond motifs is 6. The van der Waals surface area contributed by atoms with Crippen LogP contribution in [-0.2, 0) is 0 Å². The summed E-state index contributed by atoms with van der Waals surface area (Å²) in [5.41, 5.74) is 21.0. The van der Waals surface area contributed by atoms with Gasteiger partial charge in [0.15, 0.2) is 0 Å². The second-order valence-electron chi connectivity index (χ2n) is 18.1. The van der Waals surface area contributed by atoms with Gasteiger partial charge in [-0.15, -0.1) is 0 Å². The largest absolute Gasteiger partial charge is 0.311 e. The molecule has 3 heterocycles. The van der Waals surface area contributed by atoms with E-state index in [4.69, 9.17) is 0 Å². The molecule has 10 aromatic carbocycles. The third-order valence-corrected chi connectivity index (χ3v) is 13.9. The third-order valence-electron chi connectivity index (χ3n) is 13.9. The Balaban J connectivity index is 0.919. The fourth-order valence-electron chi connectivity index (χ4n) is 10.5. The van der Waals surface area contributed by atoms with Gasteiger partial charge in [-0.05, 0) is 161 Å². The fraction of sp³-hybridized carbons (Fsp3) is 0.0152. The van der Waals surface area contributed by atoms with E-state index >= 15 is 0 Å². The monoisotopic (exact) mass is 894 g/mol. The number of hydrogen-bond acceptors (Lipinski definition) is 2. The van der Waals surface area contributed by atoms with Gasteiger partial charge in [-0.25, -0.2) is 0 Å². The minimum Gasteiger partial charge on any atom is -0.311 e. The van der Waals surface area contributed by atoms with Crippen molar-refractivity contribution in [2.45, 2.75) is 6.92 Å². The first-order valence-corrected chi connectivity index (χ1v) is 23.9. The van der Waals surface area contributed by atoms with Crippen molar-refractivity contribution in [3.05, 3.63) is 267 Å². The highest BCUT2D eigenvalue weighted by atomic mass is 15.1. The van der Waals surface area contributed by atoms with Crippen LogP contribution in [0.4, 0.5) is 17.1 Å². The number of aromatic nitrogens is 3. The van der Waals surface area contributed by atoms with Crippen LogP contribution < -0.4 is 4.90 Å². The summed E-state index contributed by atoms with van der Waals surface area (Å²) < 4.78 is 4.79. The van der Waals surface area contributed by atoms with E-state index in [0.717, 1.165) is 34.0 Å². The molecule has 70 heavy (non-hydrogen) atoms. The third kappa shape index (κ3) is 7.22. The van der Waals surface area contributed by atoms with Crippen LogP contribution in [0.3, 0.4) is 0 Å². The highest BCUT2D eigenvalue weighted by Crippen LogP contribution is 2.41. The lowest BCUT2D eigenvalue weighted by molar-refractivity contribution is 1.16. The van der Waals surface area contributed by atoms with Gasteiger partial charge in [-0.3, -0.25) is 4.98 Å². The average molecular weight is 895 g/mol. The summed E-state index contributed by atoms with van der Waals surface area (Å²) in [6, 6.07) is 90.5. The SMILES string of the molecule is Cc1cccc(-c2ccc3c(c2)c2cc(-c4ccc5c(c4)c4cc(-c6ccccc6)ccc4n5-c4ccncc4)ccc2n3-c2ccc(-c3ccc(N(c4ccccc4)c4ccccc4)cc3)cc2)c1. The summed E-state index contributed by atoms with van der Waals surface area (Å²) in [6.07, 6.45) is 3.74. The van der Waals surface area contributed by atoms with Gasteiger partial charge >= 0.3 is 0 Å². The van der Waals surface area contributed by atoms with Crippen LogP contribution in [0.5, 0.6) is 0 Å². The molecule has 0 N–H and O–H groups in total. The Morgan fingerprint density at radius 1 is 0.286 bits per heavy atom. The van der Waals surface area contributed by atoms with E-state index in [-0.39, 0.29) is 0 Å². The van der Waals surface area contributed by atoms with Gasteiger partial charge in [0.1, 0.15) is 0 Å². The first-order chi connectivity index (χ1) is 34.6. The highest BCUT2D eigenvalue weighted by molar-refractivity contribution is 6.14. The van der Waals surface area contributed by atoms with E-state index in [1.807, 2.05) is 12.4 Å². The van der Waals surface area contributed by atoms with Crippen molar-refractivity contribution in [2.24, 2.45) is 0 Å². The number of nitrogens with zero attached hydrogens (tertiary/aromatic N) is 4. The Hall–Kier alpha value is -9.25. The molecule has 0 saturated heterocycles. The van der Waals surface area contributed by atoms with Crippen LogP contribution in [0.2, 0.25) is 0 Å². The molecule has 0 aliphatic carbocycles. The molecular weight excluding hydrogens is 849 g/mol. The normalized spacial score (nSPS) is 11.5. The van der Waals surface area contributed by atoms with Gasteiger partial charge in [0.25, 0.3) is 0 Å². The molecule has 0 atom stereocenters. The Bertz CT molecular complexity index is 3980. The molecular formula is C66H46N4. The molecule has 0 aliphatic rings. The lowest BCUT2D eigenvalue weighted by Gasteiger charge is -2.25. The first kappa shape index (κ1) is 41.0. The van der Waals surface area contributed by atoms with Crippen molar-refractivity contribution in [2.75, 3.05) is 4.90 Å². The van der Waals surface area contributed by atoms with Gasteiger partial charge in [0.2, 0.25) is 0 Å². The maximum Gasteiger partial charge on any atom is 0.0541 e. The zero-order chi connectivity index (χ0) is 46.5. The van der Waals surface area contributed by atoms with Crippen LogP contribution in [0.1, 0.15) is 5.56 Å². The van der Waals surface area contributed by atoms with Crippen molar-refractivity contribution in [1.29, 1.82) is 0 Å². The van der Waals surface area contributed by atoms with Gasteiger partial charge in [-0.2, -0.15) is 0 Å². The van der Waals surface area contributed by atoms with Crippen LogP contribution in [0, 0.1) is 6.92 Å². The van der Waals surface area contributed by atoms with E-state index in [9.17, 15) is 0 Å². The number of pyridine rings is 1. The van der Waals surface area contributed by atoms with E-state index in [0.29, 0.717) is 0 Å². The van der Waals surface area contributed by atoms with Crippen molar-refractivity contribution in [3.63, 3.8) is 0 Å². The molecule has 0 spiro atoms. The first-order valence-electron chi connectivity index (χ1n) is 23.9. The smallest absolute Gasteiger partial charge is 0.0541 e. The van der Waals surface area contributed by atoms with Crippen molar-refractivity contribution in [3.8, 4) is 55.9 Å². The lowest BCUT2D eigenvalue weighted by atomic mass is 9.98. The molecule has 4 heteroatoms. The fourth-order valence-corrected chi connectivity index (χ4v) is 10.5. The number of rotatable bonds is 9. The quantitative estimate of drug-likeness (QED) is 0.144. The van der Waals surface area contributed by atoms with Crippen molar-refractivity contribution >= 4 is 60.7 Å². The molecule has 13 aromatic rings. The molecule has 0 aliphatic heterocycles. The maximum absolute atomic E-state index is 4.34. The predicted octanol–water partition coefficient (Wildman–Crippen LogP) is 17.7. The molecule has 13 rings (SSSR count). The van der Waals surface area contributed by atoms with E-state index in [1.54, 1.807) is 0 Å². The molecule has 0 unspecified atom stereocenters. The molecule has 3 aromatic heterocycles. The molecule has 4 nitrogen and oxygen atoms in total. The molecule has 0 radical (unpaired) electrons. The summed E-state index contributed by atoms with van der Waals surface area (Å²) in [7, 11) is 0. The van der Waals surface area contributed by atoms with Crippen LogP contribution >= 0.6 is 0 Å². The van der Waals surface area contributed by atoms with E-state index < -0.39 is 0 Å². The lowest BCUT2D eigenvalue weighted by Crippen LogP contribution is -2.09. The maximum atomic E-state index is 4.34. The number of benzene rings is 10. The van der Waals surface area contributed by atoms with Gasteiger partial charge in [-0.1, -0.05) is 145 Å². The second-order valence-corrected chi connectivity index (χ2v) is 18.1. The number of aryl methyl sites for hydroxylation is 1. The van der Waals surface area contributed by atoms with Crippen molar-refractivity contribution in [1.82, 2.24) is 14.1 Å². The Kier molecular flexibility index (Phi) is 10.0. The number of hydrogen-bond donors (Lipinski definition) is 0. The summed E-state index contributed by atoms with van der Waals surface area (Å²) in [5, 5.41) is 4.87. The zero-order valence-electron chi connectivity index (χ0n) is 38.6. The molecule has 0 fully saturated rings. The standard InChI is InChI=1S/C66H46N4/c1-45-12-11-15-49(40-45)51-25-33-63-60(42-51)62-44-52(53-27-35-66-61(43-53)59-41-50(46-13-5-2-6-14-46)24-32-65(59)70(66)58-36-38-67-39-37-58)26-34-64(62)69(63)57-30-22-48(23-31-57)47-20-28-56(29-21-47)68(54-16-7-3-8-17-54)55-18-9-4-10-19-55/h2-44H,1H3. The summed E-state index contributed by atoms with van der Waals surface area (Å²) in [6.45, 7) is 2.16. The Morgan fingerprint density at radius 3 is 1.09 bits per heavy atom. The van der Waals surface area contributed by atoms with Crippen LogP contribution in [0.15, 0.2) is 261 Å². The highest BCUT2D eigenvalue weighted by Gasteiger charge is 2.19. The molecule has 0 saturated carbocycles. The molecule has 0 amide bonds. The predicted molar refractivity (Wildman–Crippen MR) is 294 cm³/mol. The second kappa shape index (κ2) is 17.1. The number of para-hydroxylation sites is 2. The zero-order valence-corrected chi connectivity index (χ0v) is 38.6. The minimum atomic E-state index is 1.09. The minimum absolute atomic E-state index is 1.09. The summed E-state index contributed by atoms with van der Waals surface area (Å²) in [4.78, 5) is 6.64. The average Bonchev–Trinajstić information content (AvgIpc) is 3.93. The molecule has 0 bridgehead atoms. The van der Waals surface area contributed by atoms with E-state index in [1.165, 1.54) is 88.2 Å². The van der Waals surface area contributed by atoms with Crippen molar-refractivity contribution < 1.29 is 0 Å². The number of anilines is 3. The topological polar surface area (TPSA) is 26.0 Å². The van der Waals surface area contributed by atoms with Gasteiger partial charge < -0.3 is 14.0 Å². The Labute approximate surface area is 407 Å². The van der Waals surface area contributed by atoms with Crippen LogP contribution in [0.25, 0.3) is 99.5 Å². The van der Waals surface area contributed by atoms with Crippen LogP contribution in [-0.4, -0.2) is 14.1 Å². The summed E-state index contributed by atoms with van der Waals surface area (Å²) >= 11 is 0. The van der Waals surface area contributed by atoms with E-state index in [2.05, 4.69) is 275 Å². The van der Waals surface area contributed by atoms with Gasteiger partial charge in [0.05, 0.1) is 22.1 Å². The Morgan fingerprint density at radius 2 is 0.629 bits per heavy atom.